The van der Waals surface area contributed by atoms with Crippen LogP contribution in [0.15, 0.2) is 0 Å². The van der Waals surface area contributed by atoms with Gasteiger partial charge in [0.15, 0.2) is 0 Å². The first kappa shape index (κ1) is 7.76. The average Bonchev–Trinajstić information content (AvgIpc) is 1.59. The number of hydrogen-bond acceptors (Lipinski definition) is 3. The summed E-state index contributed by atoms with van der Waals surface area (Å²) < 4.78 is 0. The summed E-state index contributed by atoms with van der Waals surface area (Å²) in [6, 6.07) is 0.337. The Morgan fingerprint density at radius 2 is 1.44 bits per heavy atom. The summed E-state index contributed by atoms with van der Waals surface area (Å²) in [4.78, 5) is 0. The van der Waals surface area contributed by atoms with Crippen LogP contribution in [0.1, 0.15) is 19.3 Å². The highest BCUT2D eigenvalue weighted by Crippen LogP contribution is 2.24. The first-order chi connectivity index (χ1) is 4.18. The van der Waals surface area contributed by atoms with Gasteiger partial charge in [-0.1, -0.05) is 0 Å². The summed E-state index contributed by atoms with van der Waals surface area (Å²) >= 11 is 8.70. The molecule has 0 aliphatic heterocycles. The maximum Gasteiger partial charge on any atom is 0.00597 e. The van der Waals surface area contributed by atoms with Gasteiger partial charge in [0.05, 0.1) is 0 Å². The van der Waals surface area contributed by atoms with Crippen molar-refractivity contribution in [1.82, 2.24) is 0 Å². The molecule has 9 heavy (non-hydrogen) atoms. The summed E-state index contributed by atoms with van der Waals surface area (Å²) in [6.07, 6.45) is 3.22. The molecule has 2 unspecified atom stereocenters. The standard InChI is InChI=1S/C6H13NS2/c7-4-1-5(8)3-6(9)2-4/h4-6,8-9H,1-3,7H2. The molecule has 2 atom stereocenters. The molecular weight excluding hydrogens is 150 g/mol. The molecular formula is C6H13NS2. The molecule has 0 spiro atoms. The molecule has 1 aliphatic rings. The third kappa shape index (κ3) is 2.40. The van der Waals surface area contributed by atoms with Crippen LogP contribution in [0.4, 0.5) is 0 Å². The molecule has 1 fully saturated rings. The Kier molecular flexibility index (Phi) is 2.73. The minimum atomic E-state index is 0.337. The summed E-state index contributed by atoms with van der Waals surface area (Å²) in [5, 5.41) is 0.965. The van der Waals surface area contributed by atoms with Crippen LogP contribution in [0.25, 0.3) is 0 Å². The topological polar surface area (TPSA) is 26.0 Å². The molecule has 0 aromatic rings. The van der Waals surface area contributed by atoms with E-state index in [4.69, 9.17) is 5.73 Å². The smallest absolute Gasteiger partial charge is 0.00597 e. The molecule has 1 rings (SSSR count). The van der Waals surface area contributed by atoms with Gasteiger partial charge in [0.25, 0.3) is 0 Å². The SMILES string of the molecule is NC1CC(S)CC(S)C1. The lowest BCUT2D eigenvalue weighted by molar-refractivity contribution is 0.464. The minimum Gasteiger partial charge on any atom is -0.328 e. The van der Waals surface area contributed by atoms with Gasteiger partial charge in [0.1, 0.15) is 0 Å². The third-order valence-corrected chi connectivity index (χ3v) is 2.54. The molecule has 1 aliphatic carbocycles. The highest BCUT2D eigenvalue weighted by atomic mass is 32.1. The van der Waals surface area contributed by atoms with Crippen LogP contribution in [-0.4, -0.2) is 16.5 Å². The maximum atomic E-state index is 5.72. The van der Waals surface area contributed by atoms with Crippen LogP contribution in [0, 0.1) is 0 Å². The van der Waals surface area contributed by atoms with Gasteiger partial charge in [0, 0.05) is 16.5 Å². The van der Waals surface area contributed by atoms with Crippen molar-refractivity contribution in [2.45, 2.75) is 35.8 Å². The molecule has 2 N–H and O–H groups in total. The van der Waals surface area contributed by atoms with Gasteiger partial charge in [-0.3, -0.25) is 0 Å². The molecule has 0 bridgehead atoms. The minimum absolute atomic E-state index is 0.337. The summed E-state index contributed by atoms with van der Waals surface area (Å²) in [5.74, 6) is 0. The van der Waals surface area contributed by atoms with Crippen molar-refractivity contribution in [1.29, 1.82) is 0 Å². The molecule has 54 valence electrons. The quantitative estimate of drug-likeness (QED) is 0.458. The van der Waals surface area contributed by atoms with Crippen molar-refractivity contribution in [3.05, 3.63) is 0 Å². The second-order valence-corrected chi connectivity index (χ2v) is 4.24. The lowest BCUT2D eigenvalue weighted by Crippen LogP contribution is -2.33. The van der Waals surface area contributed by atoms with Crippen molar-refractivity contribution in [3.63, 3.8) is 0 Å². The van der Waals surface area contributed by atoms with Crippen LogP contribution in [0.2, 0.25) is 0 Å². The van der Waals surface area contributed by atoms with E-state index in [9.17, 15) is 0 Å². The Balaban J connectivity index is 2.34. The fourth-order valence-electron chi connectivity index (χ4n) is 1.30. The fraction of sp³-hybridized carbons (Fsp3) is 1.00. The first-order valence-corrected chi connectivity index (χ1v) is 4.33. The molecule has 0 saturated heterocycles. The Bertz CT molecular complexity index is 72.0. The Hall–Kier alpha value is 0.660. The van der Waals surface area contributed by atoms with Crippen LogP contribution >= 0.6 is 25.3 Å². The fourth-order valence-corrected chi connectivity index (χ4v) is 2.52. The van der Waals surface area contributed by atoms with Gasteiger partial charge < -0.3 is 5.73 Å². The van der Waals surface area contributed by atoms with E-state index < -0.39 is 0 Å². The van der Waals surface area contributed by atoms with E-state index in [0.717, 1.165) is 19.3 Å². The summed E-state index contributed by atoms with van der Waals surface area (Å²) in [7, 11) is 0. The molecule has 3 heteroatoms. The molecule has 1 saturated carbocycles. The predicted molar refractivity (Wildman–Crippen MR) is 47.4 cm³/mol. The van der Waals surface area contributed by atoms with Crippen molar-refractivity contribution in [3.8, 4) is 0 Å². The van der Waals surface area contributed by atoms with Crippen LogP contribution in [0.5, 0.6) is 0 Å². The zero-order valence-electron chi connectivity index (χ0n) is 5.33. The van der Waals surface area contributed by atoms with Crippen molar-refractivity contribution in [2.75, 3.05) is 0 Å². The molecule has 0 amide bonds. The Labute approximate surface area is 67.2 Å². The van der Waals surface area contributed by atoms with Gasteiger partial charge in [-0.15, -0.1) is 0 Å². The van der Waals surface area contributed by atoms with Gasteiger partial charge in [-0.05, 0) is 19.3 Å². The van der Waals surface area contributed by atoms with Crippen molar-refractivity contribution in [2.24, 2.45) is 5.73 Å². The maximum absolute atomic E-state index is 5.72. The van der Waals surface area contributed by atoms with Crippen molar-refractivity contribution < 1.29 is 0 Å². The van der Waals surface area contributed by atoms with Gasteiger partial charge in [0.2, 0.25) is 0 Å². The normalized spacial score (nSPS) is 45.0. The van der Waals surface area contributed by atoms with Crippen molar-refractivity contribution >= 4 is 25.3 Å². The Morgan fingerprint density at radius 1 is 1.00 bits per heavy atom. The molecule has 0 aromatic carbocycles. The van der Waals surface area contributed by atoms with E-state index in [1.165, 1.54) is 0 Å². The largest absolute Gasteiger partial charge is 0.328 e. The number of hydrogen-bond donors (Lipinski definition) is 3. The van der Waals surface area contributed by atoms with Gasteiger partial charge in [-0.2, -0.15) is 25.3 Å². The van der Waals surface area contributed by atoms with E-state index in [2.05, 4.69) is 25.3 Å². The van der Waals surface area contributed by atoms with Gasteiger partial charge in [-0.25, -0.2) is 0 Å². The second kappa shape index (κ2) is 3.17. The number of rotatable bonds is 0. The Morgan fingerprint density at radius 3 is 1.78 bits per heavy atom. The monoisotopic (exact) mass is 163 g/mol. The summed E-state index contributed by atoms with van der Waals surface area (Å²) in [6.45, 7) is 0. The highest BCUT2D eigenvalue weighted by Gasteiger charge is 2.21. The van der Waals surface area contributed by atoms with E-state index in [-0.39, 0.29) is 0 Å². The molecule has 0 radical (unpaired) electrons. The van der Waals surface area contributed by atoms with Gasteiger partial charge >= 0.3 is 0 Å². The zero-order chi connectivity index (χ0) is 6.85. The molecule has 0 heterocycles. The average molecular weight is 163 g/mol. The summed E-state index contributed by atoms with van der Waals surface area (Å²) in [5.41, 5.74) is 5.72. The van der Waals surface area contributed by atoms with E-state index in [1.54, 1.807) is 0 Å². The zero-order valence-corrected chi connectivity index (χ0v) is 7.11. The molecule has 1 nitrogen and oxygen atoms in total. The molecule has 0 aromatic heterocycles. The van der Waals surface area contributed by atoms with Crippen LogP contribution < -0.4 is 5.73 Å². The number of thiol groups is 2. The van der Waals surface area contributed by atoms with Crippen LogP contribution in [-0.2, 0) is 0 Å². The van der Waals surface area contributed by atoms with E-state index >= 15 is 0 Å². The first-order valence-electron chi connectivity index (χ1n) is 3.30. The lowest BCUT2D eigenvalue weighted by atomic mass is 9.95. The highest BCUT2D eigenvalue weighted by molar-refractivity contribution is 7.81. The van der Waals surface area contributed by atoms with Crippen LogP contribution in [0.3, 0.4) is 0 Å². The van der Waals surface area contributed by atoms with E-state index in [1.807, 2.05) is 0 Å². The predicted octanol–water partition coefficient (Wildman–Crippen LogP) is 1.09. The lowest BCUT2D eigenvalue weighted by Gasteiger charge is -2.27. The second-order valence-electron chi connectivity index (χ2n) is 2.77. The third-order valence-electron chi connectivity index (χ3n) is 1.69. The number of nitrogens with two attached hydrogens (primary N) is 1. The van der Waals surface area contributed by atoms with E-state index in [0.29, 0.717) is 16.5 Å².